The molecule has 0 bridgehead atoms. The second kappa shape index (κ2) is 7.33. The van der Waals surface area contributed by atoms with Crippen LogP contribution in [0.15, 0.2) is 45.6 Å². The number of carbonyl (C=O) groups excluding carboxylic acids is 2. The van der Waals surface area contributed by atoms with Crippen molar-refractivity contribution in [3.63, 3.8) is 0 Å². The van der Waals surface area contributed by atoms with Crippen LogP contribution in [0.1, 0.15) is 40.9 Å². The molecule has 0 spiro atoms. The summed E-state index contributed by atoms with van der Waals surface area (Å²) in [5.41, 5.74) is 0. The molecule has 0 aliphatic carbocycles. The molecule has 0 fully saturated rings. The van der Waals surface area contributed by atoms with Crippen molar-refractivity contribution in [1.29, 1.82) is 0 Å². The Morgan fingerprint density at radius 3 is 2.24 bits per heavy atom. The molecule has 0 aliphatic rings. The Bertz CT molecular complexity index is 561. The Kier molecular flexibility index (Phi) is 5.20. The highest BCUT2D eigenvalue weighted by atomic mass is 16.3. The highest BCUT2D eigenvalue weighted by Crippen LogP contribution is 2.04. The number of amides is 2. The standard InChI is InChI=1S/C15H18N2O4/c1-2-11(17-15(19)13-6-4-10-21-13)7-8-16-14(18)12-5-3-9-20-12/h3-6,9-11H,2,7-8H2,1H3,(H,16,18)(H,17,19)/t11-/m1/s1. The topological polar surface area (TPSA) is 84.5 Å². The maximum atomic E-state index is 11.9. The number of nitrogens with one attached hydrogen (secondary N) is 2. The van der Waals surface area contributed by atoms with Crippen molar-refractivity contribution in [2.24, 2.45) is 0 Å². The summed E-state index contributed by atoms with van der Waals surface area (Å²) in [6, 6.07) is 6.51. The molecule has 112 valence electrons. The molecule has 21 heavy (non-hydrogen) atoms. The molecule has 2 aromatic rings. The Balaban J connectivity index is 1.75. The zero-order valence-corrected chi connectivity index (χ0v) is 11.8. The number of furan rings is 2. The van der Waals surface area contributed by atoms with Crippen molar-refractivity contribution in [2.75, 3.05) is 6.54 Å². The van der Waals surface area contributed by atoms with Crippen molar-refractivity contribution in [2.45, 2.75) is 25.8 Å². The lowest BCUT2D eigenvalue weighted by Crippen LogP contribution is -2.37. The molecule has 1 atom stereocenters. The monoisotopic (exact) mass is 290 g/mol. The van der Waals surface area contributed by atoms with Crippen LogP contribution in [0.4, 0.5) is 0 Å². The van der Waals surface area contributed by atoms with Crippen LogP contribution in [0.3, 0.4) is 0 Å². The number of hydrogen-bond acceptors (Lipinski definition) is 4. The van der Waals surface area contributed by atoms with E-state index < -0.39 is 0 Å². The third-order valence-electron chi connectivity index (χ3n) is 3.10. The van der Waals surface area contributed by atoms with Gasteiger partial charge < -0.3 is 19.5 Å². The van der Waals surface area contributed by atoms with Crippen LogP contribution < -0.4 is 10.6 Å². The summed E-state index contributed by atoms with van der Waals surface area (Å²) in [5.74, 6) is 0.0622. The Labute approximate surface area is 122 Å². The maximum Gasteiger partial charge on any atom is 0.287 e. The first-order valence-electron chi connectivity index (χ1n) is 6.86. The Morgan fingerprint density at radius 1 is 1.10 bits per heavy atom. The number of carbonyl (C=O) groups is 2. The Morgan fingerprint density at radius 2 is 1.71 bits per heavy atom. The van der Waals surface area contributed by atoms with Gasteiger partial charge in [-0.2, -0.15) is 0 Å². The van der Waals surface area contributed by atoms with Crippen LogP contribution in [0.2, 0.25) is 0 Å². The first kappa shape index (κ1) is 14.9. The summed E-state index contributed by atoms with van der Waals surface area (Å²) >= 11 is 0. The molecule has 6 nitrogen and oxygen atoms in total. The van der Waals surface area contributed by atoms with E-state index in [-0.39, 0.29) is 29.4 Å². The summed E-state index contributed by atoms with van der Waals surface area (Å²) in [6.07, 6.45) is 4.31. The van der Waals surface area contributed by atoms with Gasteiger partial charge in [0.1, 0.15) is 0 Å². The molecule has 2 heterocycles. The zero-order valence-electron chi connectivity index (χ0n) is 11.8. The predicted molar refractivity (Wildman–Crippen MR) is 75.9 cm³/mol. The molecule has 0 aliphatic heterocycles. The lowest BCUT2D eigenvalue weighted by Gasteiger charge is -2.16. The lowest BCUT2D eigenvalue weighted by atomic mass is 10.1. The summed E-state index contributed by atoms with van der Waals surface area (Å²) in [7, 11) is 0. The fourth-order valence-electron chi connectivity index (χ4n) is 1.90. The van der Waals surface area contributed by atoms with Gasteiger partial charge in [-0.1, -0.05) is 6.92 Å². The first-order valence-corrected chi connectivity index (χ1v) is 6.86. The van der Waals surface area contributed by atoms with E-state index in [1.54, 1.807) is 24.3 Å². The summed E-state index contributed by atoms with van der Waals surface area (Å²) < 4.78 is 10.0. The third kappa shape index (κ3) is 4.24. The van der Waals surface area contributed by atoms with Crippen LogP contribution in [-0.2, 0) is 0 Å². The quantitative estimate of drug-likeness (QED) is 0.818. The second-order valence-electron chi connectivity index (χ2n) is 4.58. The average Bonchev–Trinajstić information content (AvgIpc) is 3.18. The van der Waals surface area contributed by atoms with E-state index in [1.165, 1.54) is 12.5 Å². The SMILES string of the molecule is CC[C@H](CCNC(=O)c1ccco1)NC(=O)c1ccco1. The van der Waals surface area contributed by atoms with Gasteiger partial charge in [-0.25, -0.2) is 0 Å². The molecule has 0 aromatic carbocycles. The summed E-state index contributed by atoms with van der Waals surface area (Å²) in [5, 5.41) is 5.62. The van der Waals surface area contributed by atoms with Crippen molar-refractivity contribution in [3.8, 4) is 0 Å². The molecule has 6 heteroatoms. The molecule has 2 amide bonds. The summed E-state index contributed by atoms with van der Waals surface area (Å²) in [6.45, 7) is 2.43. The van der Waals surface area contributed by atoms with Crippen LogP contribution in [0.25, 0.3) is 0 Å². The molecular formula is C15H18N2O4. The van der Waals surface area contributed by atoms with Gasteiger partial charge in [-0.05, 0) is 37.1 Å². The van der Waals surface area contributed by atoms with Crippen molar-refractivity contribution < 1.29 is 18.4 Å². The predicted octanol–water partition coefficient (Wildman–Crippen LogP) is 2.20. The highest BCUT2D eigenvalue weighted by molar-refractivity contribution is 5.92. The molecule has 0 radical (unpaired) electrons. The second-order valence-corrected chi connectivity index (χ2v) is 4.58. The van der Waals surface area contributed by atoms with Crippen molar-refractivity contribution >= 4 is 11.8 Å². The molecule has 0 saturated carbocycles. The fourth-order valence-corrected chi connectivity index (χ4v) is 1.90. The Hall–Kier alpha value is -2.50. The van der Waals surface area contributed by atoms with Gasteiger partial charge in [-0.15, -0.1) is 0 Å². The van der Waals surface area contributed by atoms with E-state index in [1.807, 2.05) is 6.92 Å². The largest absolute Gasteiger partial charge is 0.459 e. The molecule has 2 rings (SSSR count). The van der Waals surface area contributed by atoms with Gasteiger partial charge in [0, 0.05) is 12.6 Å². The molecule has 2 N–H and O–H groups in total. The lowest BCUT2D eigenvalue weighted by molar-refractivity contribution is 0.0903. The fraction of sp³-hybridized carbons (Fsp3) is 0.333. The first-order chi connectivity index (χ1) is 10.2. The van der Waals surface area contributed by atoms with E-state index in [0.29, 0.717) is 13.0 Å². The van der Waals surface area contributed by atoms with Crippen molar-refractivity contribution in [3.05, 3.63) is 48.3 Å². The van der Waals surface area contributed by atoms with E-state index in [0.717, 1.165) is 6.42 Å². The van der Waals surface area contributed by atoms with Crippen LogP contribution in [0.5, 0.6) is 0 Å². The number of rotatable bonds is 7. The van der Waals surface area contributed by atoms with Gasteiger partial charge in [-0.3, -0.25) is 9.59 Å². The molecular weight excluding hydrogens is 272 g/mol. The zero-order chi connectivity index (χ0) is 15.1. The van der Waals surface area contributed by atoms with E-state index in [2.05, 4.69) is 10.6 Å². The van der Waals surface area contributed by atoms with E-state index >= 15 is 0 Å². The van der Waals surface area contributed by atoms with Gasteiger partial charge in [0.15, 0.2) is 11.5 Å². The minimum absolute atomic E-state index is 0.0282. The number of hydrogen-bond donors (Lipinski definition) is 2. The average molecular weight is 290 g/mol. The molecule has 0 unspecified atom stereocenters. The normalized spacial score (nSPS) is 11.9. The van der Waals surface area contributed by atoms with Crippen LogP contribution >= 0.6 is 0 Å². The van der Waals surface area contributed by atoms with Gasteiger partial charge in [0.05, 0.1) is 12.5 Å². The third-order valence-corrected chi connectivity index (χ3v) is 3.10. The van der Waals surface area contributed by atoms with Crippen LogP contribution in [0, 0.1) is 0 Å². The van der Waals surface area contributed by atoms with Gasteiger partial charge in [0.2, 0.25) is 0 Å². The minimum Gasteiger partial charge on any atom is -0.459 e. The minimum atomic E-state index is -0.257. The smallest absolute Gasteiger partial charge is 0.287 e. The van der Waals surface area contributed by atoms with Crippen molar-refractivity contribution in [1.82, 2.24) is 10.6 Å². The van der Waals surface area contributed by atoms with E-state index in [4.69, 9.17) is 8.83 Å². The maximum absolute atomic E-state index is 11.9. The summed E-state index contributed by atoms with van der Waals surface area (Å²) in [4.78, 5) is 23.5. The van der Waals surface area contributed by atoms with E-state index in [9.17, 15) is 9.59 Å². The molecule has 2 aromatic heterocycles. The molecule has 0 saturated heterocycles. The van der Waals surface area contributed by atoms with Gasteiger partial charge >= 0.3 is 0 Å². The van der Waals surface area contributed by atoms with Gasteiger partial charge in [0.25, 0.3) is 11.8 Å². The highest BCUT2D eigenvalue weighted by Gasteiger charge is 2.15. The van der Waals surface area contributed by atoms with Crippen LogP contribution in [-0.4, -0.2) is 24.4 Å².